The number of rotatable bonds is 8. The van der Waals surface area contributed by atoms with Gasteiger partial charge in [0.2, 0.25) is 0 Å². The van der Waals surface area contributed by atoms with Crippen LogP contribution in [0.25, 0.3) is 0 Å². The Morgan fingerprint density at radius 1 is 1.20 bits per heavy atom. The fraction of sp³-hybridized carbons (Fsp3) is 0.571. The van der Waals surface area contributed by atoms with Crippen LogP contribution >= 0.6 is 11.6 Å². The lowest BCUT2D eigenvalue weighted by atomic mass is 9.65. The van der Waals surface area contributed by atoms with Crippen molar-refractivity contribution in [3.05, 3.63) is 70.3 Å². The average Bonchev–Trinajstić information content (AvgIpc) is 3.10. The van der Waals surface area contributed by atoms with Crippen LogP contribution in [0.2, 0.25) is 5.02 Å². The summed E-state index contributed by atoms with van der Waals surface area (Å²) in [5.41, 5.74) is 10.0. The zero-order valence-corrected chi connectivity index (χ0v) is 25.4. The van der Waals surface area contributed by atoms with E-state index in [2.05, 4.69) is 36.1 Å². The highest BCUT2D eigenvalue weighted by atomic mass is 35.5. The highest BCUT2D eigenvalue weighted by molar-refractivity contribution is 6.30. The maximum absolute atomic E-state index is 12.5. The van der Waals surface area contributed by atoms with E-state index in [0.29, 0.717) is 35.8 Å². The standard InChI is InChI=1S/C35H45ClN2O3/c1-23(5-6-24-7-8-25(24)15-17-37)30-12-9-28(30)20-38-21-35(16-3-4-26-18-29(36)11-13-31(26)35)22-41-33-14-10-27(19-32(33)38)34(39)40-2/h5-6,10-11,13-14,18-19,23-25,28,30H,3-4,7-9,12,15-17,20-22,37H2,1-2H3/b6-5-/t23-,24+,25-,28-,30-,35-/m0/s1. The molecule has 0 aromatic heterocycles. The van der Waals surface area contributed by atoms with E-state index in [1.54, 1.807) is 0 Å². The van der Waals surface area contributed by atoms with Crippen LogP contribution in [0.3, 0.4) is 0 Å². The molecule has 6 rings (SSSR count). The number of esters is 1. The largest absolute Gasteiger partial charge is 0.490 e. The van der Waals surface area contributed by atoms with Gasteiger partial charge in [0, 0.05) is 23.5 Å². The molecule has 2 saturated carbocycles. The number of carbonyl (C=O) groups is 1. The molecule has 0 saturated heterocycles. The smallest absolute Gasteiger partial charge is 0.337 e. The fourth-order valence-electron chi connectivity index (χ4n) is 8.04. The van der Waals surface area contributed by atoms with Crippen molar-refractivity contribution >= 4 is 23.3 Å². The lowest BCUT2D eigenvalue weighted by molar-refractivity contribution is 0.0600. The fourth-order valence-corrected chi connectivity index (χ4v) is 8.23. The molecule has 220 valence electrons. The summed E-state index contributed by atoms with van der Waals surface area (Å²) in [5.74, 6) is 3.87. The number of nitrogens with zero attached hydrogens (tertiary/aromatic N) is 1. The second kappa shape index (κ2) is 12.0. The van der Waals surface area contributed by atoms with Gasteiger partial charge in [0.05, 0.1) is 25.0 Å². The van der Waals surface area contributed by atoms with Gasteiger partial charge in [-0.05, 0) is 129 Å². The molecule has 41 heavy (non-hydrogen) atoms. The molecule has 0 amide bonds. The average molecular weight is 577 g/mol. The number of nitrogens with two attached hydrogens (primary N) is 1. The van der Waals surface area contributed by atoms with Crippen molar-refractivity contribution in [1.29, 1.82) is 0 Å². The molecule has 6 heteroatoms. The number of hydrogen-bond donors (Lipinski definition) is 1. The van der Waals surface area contributed by atoms with Crippen molar-refractivity contribution in [1.82, 2.24) is 0 Å². The molecule has 2 fully saturated rings. The summed E-state index contributed by atoms with van der Waals surface area (Å²) in [5, 5.41) is 0.800. The molecule has 3 aliphatic carbocycles. The van der Waals surface area contributed by atoms with Crippen molar-refractivity contribution in [2.24, 2.45) is 35.3 Å². The number of halogens is 1. The summed E-state index contributed by atoms with van der Waals surface area (Å²) in [6, 6.07) is 12.2. The minimum absolute atomic E-state index is 0.115. The van der Waals surface area contributed by atoms with Gasteiger partial charge in [-0.25, -0.2) is 4.79 Å². The van der Waals surface area contributed by atoms with Gasteiger partial charge in [0.1, 0.15) is 5.75 Å². The zero-order chi connectivity index (χ0) is 28.6. The molecule has 1 spiro atoms. The highest BCUT2D eigenvalue weighted by Gasteiger charge is 2.44. The molecule has 6 atom stereocenters. The third-order valence-corrected chi connectivity index (χ3v) is 11.0. The van der Waals surface area contributed by atoms with Crippen LogP contribution in [0.4, 0.5) is 5.69 Å². The van der Waals surface area contributed by atoms with Gasteiger partial charge in [-0.3, -0.25) is 0 Å². The molecule has 4 aliphatic rings. The summed E-state index contributed by atoms with van der Waals surface area (Å²) in [7, 11) is 1.44. The van der Waals surface area contributed by atoms with E-state index in [9.17, 15) is 4.79 Å². The number of ether oxygens (including phenoxy) is 2. The molecule has 2 aromatic carbocycles. The number of fused-ring (bicyclic) bond motifs is 3. The van der Waals surface area contributed by atoms with E-state index in [0.717, 1.165) is 67.7 Å². The van der Waals surface area contributed by atoms with E-state index in [-0.39, 0.29) is 11.4 Å². The van der Waals surface area contributed by atoms with Crippen LogP contribution in [0.5, 0.6) is 5.75 Å². The van der Waals surface area contributed by atoms with Crippen molar-refractivity contribution in [2.45, 2.75) is 63.7 Å². The normalized spacial score (nSPS) is 29.5. The molecule has 2 aromatic rings. The molecule has 5 nitrogen and oxygen atoms in total. The third kappa shape index (κ3) is 5.64. The lowest BCUT2D eigenvalue weighted by Crippen LogP contribution is -2.49. The number of benzene rings is 2. The van der Waals surface area contributed by atoms with Crippen LogP contribution in [0.1, 0.15) is 73.4 Å². The van der Waals surface area contributed by atoms with Crippen LogP contribution < -0.4 is 15.4 Å². The first-order valence-electron chi connectivity index (χ1n) is 15.7. The first kappa shape index (κ1) is 28.6. The number of methoxy groups -OCH3 is 1. The SMILES string of the molecule is COC(=O)c1ccc2c(c1)N(C[C@@H]1CC[C@H]1[C@@H](C)/C=C\[C@@H]1CC[C@H]1CCN)C[C@@]1(CCCc3cc(Cl)ccc31)CO2. The Labute approximate surface area is 250 Å². The number of carbonyl (C=O) groups excluding carboxylic acids is 1. The quantitative estimate of drug-likeness (QED) is 0.266. The van der Waals surface area contributed by atoms with Crippen LogP contribution in [-0.2, 0) is 16.6 Å². The number of aryl methyl sites for hydroxylation is 1. The van der Waals surface area contributed by atoms with Crippen LogP contribution in [0.15, 0.2) is 48.6 Å². The first-order valence-corrected chi connectivity index (χ1v) is 16.1. The van der Waals surface area contributed by atoms with Crippen molar-refractivity contribution < 1.29 is 14.3 Å². The van der Waals surface area contributed by atoms with E-state index in [1.165, 1.54) is 43.9 Å². The van der Waals surface area contributed by atoms with E-state index < -0.39 is 0 Å². The minimum atomic E-state index is -0.312. The summed E-state index contributed by atoms with van der Waals surface area (Å²) >= 11 is 6.42. The molecule has 1 aliphatic heterocycles. The van der Waals surface area contributed by atoms with Gasteiger partial charge in [0.15, 0.2) is 0 Å². The maximum atomic E-state index is 12.5. The lowest BCUT2D eigenvalue weighted by Gasteiger charge is -2.46. The Morgan fingerprint density at radius 3 is 2.78 bits per heavy atom. The molecule has 2 N–H and O–H groups in total. The molecule has 0 unspecified atom stereocenters. The van der Waals surface area contributed by atoms with E-state index in [4.69, 9.17) is 26.8 Å². The van der Waals surface area contributed by atoms with Crippen LogP contribution in [0, 0.1) is 29.6 Å². The van der Waals surface area contributed by atoms with Gasteiger partial charge in [0.25, 0.3) is 0 Å². The van der Waals surface area contributed by atoms with E-state index in [1.807, 2.05) is 24.3 Å². The molecular weight excluding hydrogens is 532 g/mol. The van der Waals surface area contributed by atoms with Gasteiger partial charge >= 0.3 is 5.97 Å². The molecular formula is C35H45ClN2O3. The Morgan fingerprint density at radius 2 is 2.05 bits per heavy atom. The van der Waals surface area contributed by atoms with E-state index >= 15 is 0 Å². The Balaban J connectivity index is 1.27. The zero-order valence-electron chi connectivity index (χ0n) is 24.6. The topological polar surface area (TPSA) is 64.8 Å². The predicted molar refractivity (Wildman–Crippen MR) is 166 cm³/mol. The highest BCUT2D eigenvalue weighted by Crippen LogP contribution is 2.47. The predicted octanol–water partition coefficient (Wildman–Crippen LogP) is 7.19. The molecule has 0 radical (unpaired) electrons. The minimum Gasteiger partial charge on any atom is -0.490 e. The second-order valence-electron chi connectivity index (χ2n) is 13.1. The number of allylic oxidation sites excluding steroid dienone is 2. The van der Waals surface area contributed by atoms with Gasteiger partial charge in [-0.2, -0.15) is 0 Å². The molecule has 1 heterocycles. The third-order valence-electron chi connectivity index (χ3n) is 10.7. The van der Waals surface area contributed by atoms with Crippen molar-refractivity contribution in [3.63, 3.8) is 0 Å². The van der Waals surface area contributed by atoms with Crippen molar-refractivity contribution in [3.8, 4) is 5.75 Å². The first-order chi connectivity index (χ1) is 19.9. The Hall–Kier alpha value is -2.50. The van der Waals surface area contributed by atoms with Gasteiger partial charge in [-0.1, -0.05) is 36.7 Å². The summed E-state index contributed by atoms with van der Waals surface area (Å²) in [6.07, 6.45) is 14.6. The number of anilines is 1. The van der Waals surface area contributed by atoms with Gasteiger partial charge in [-0.15, -0.1) is 0 Å². The van der Waals surface area contributed by atoms with Gasteiger partial charge < -0.3 is 20.1 Å². The Bertz CT molecular complexity index is 1290. The summed E-state index contributed by atoms with van der Waals surface area (Å²) in [4.78, 5) is 15.1. The number of hydrogen-bond acceptors (Lipinski definition) is 5. The second-order valence-corrected chi connectivity index (χ2v) is 13.5. The monoisotopic (exact) mass is 576 g/mol. The Kier molecular flexibility index (Phi) is 8.38. The maximum Gasteiger partial charge on any atom is 0.337 e. The molecule has 0 bridgehead atoms. The summed E-state index contributed by atoms with van der Waals surface area (Å²) < 4.78 is 11.7. The van der Waals surface area contributed by atoms with Crippen LogP contribution in [-0.4, -0.2) is 39.3 Å². The summed E-state index contributed by atoms with van der Waals surface area (Å²) in [6.45, 7) is 5.67. The van der Waals surface area contributed by atoms with Crippen molar-refractivity contribution in [2.75, 3.05) is 38.3 Å².